The maximum atomic E-state index is 14.0. The van der Waals surface area contributed by atoms with E-state index in [2.05, 4.69) is 4.98 Å². The predicted octanol–water partition coefficient (Wildman–Crippen LogP) is 3.02. The van der Waals surface area contributed by atoms with Gasteiger partial charge in [0.1, 0.15) is 11.6 Å². The van der Waals surface area contributed by atoms with Gasteiger partial charge in [0.2, 0.25) is 0 Å². The number of hydrogen-bond acceptors (Lipinski definition) is 2. The number of rotatable bonds is 2. The van der Waals surface area contributed by atoms with Crippen LogP contribution >= 0.6 is 0 Å². The molecule has 2 rings (SSSR count). The van der Waals surface area contributed by atoms with Crippen LogP contribution in [0.5, 0.6) is 0 Å². The molecule has 1 aromatic heterocycles. The molecule has 0 saturated heterocycles. The summed E-state index contributed by atoms with van der Waals surface area (Å²) in [5, 5.41) is 0. The summed E-state index contributed by atoms with van der Waals surface area (Å²) in [7, 11) is 0. The van der Waals surface area contributed by atoms with Crippen molar-refractivity contribution in [2.24, 2.45) is 5.73 Å². The van der Waals surface area contributed by atoms with E-state index >= 15 is 0 Å². The zero-order chi connectivity index (χ0) is 13.3. The number of pyridine rings is 1. The van der Waals surface area contributed by atoms with Gasteiger partial charge in [-0.3, -0.25) is 4.98 Å². The van der Waals surface area contributed by atoms with Gasteiger partial charge in [0, 0.05) is 18.0 Å². The lowest BCUT2D eigenvalue weighted by Crippen LogP contribution is -2.17. The maximum Gasteiger partial charge on any atom is 0.134 e. The lowest BCUT2D eigenvalue weighted by atomic mass is 9.95. The molecular formula is C14H14F2N2. The lowest BCUT2D eigenvalue weighted by molar-refractivity contribution is 0.537. The van der Waals surface area contributed by atoms with Crippen LogP contribution in [0.1, 0.15) is 28.3 Å². The highest BCUT2D eigenvalue weighted by Crippen LogP contribution is 2.27. The normalized spacial score (nSPS) is 12.5. The van der Waals surface area contributed by atoms with Gasteiger partial charge in [-0.15, -0.1) is 0 Å². The Balaban J connectivity index is 2.56. The van der Waals surface area contributed by atoms with Crippen molar-refractivity contribution < 1.29 is 8.78 Å². The van der Waals surface area contributed by atoms with E-state index in [0.29, 0.717) is 11.1 Å². The first-order chi connectivity index (χ1) is 8.52. The molecule has 0 amide bonds. The fourth-order valence-corrected chi connectivity index (χ4v) is 1.92. The van der Waals surface area contributed by atoms with E-state index in [1.54, 1.807) is 25.4 Å². The van der Waals surface area contributed by atoms with E-state index in [4.69, 9.17) is 5.73 Å². The first kappa shape index (κ1) is 12.6. The maximum absolute atomic E-state index is 14.0. The highest BCUT2D eigenvalue weighted by Gasteiger charge is 2.21. The molecule has 0 aliphatic heterocycles. The molecule has 18 heavy (non-hydrogen) atoms. The van der Waals surface area contributed by atoms with Crippen LogP contribution < -0.4 is 5.73 Å². The van der Waals surface area contributed by atoms with Crippen LogP contribution in [0.2, 0.25) is 0 Å². The van der Waals surface area contributed by atoms with Gasteiger partial charge in [-0.25, -0.2) is 8.78 Å². The van der Waals surface area contributed by atoms with Gasteiger partial charge in [-0.05, 0) is 42.7 Å². The fourth-order valence-electron chi connectivity index (χ4n) is 1.92. The minimum Gasteiger partial charge on any atom is -0.320 e. The topological polar surface area (TPSA) is 38.9 Å². The number of halogens is 2. The molecule has 2 N–H and O–H groups in total. The van der Waals surface area contributed by atoms with Crippen molar-refractivity contribution >= 4 is 0 Å². The van der Waals surface area contributed by atoms with Gasteiger partial charge in [0.25, 0.3) is 0 Å². The van der Waals surface area contributed by atoms with Crippen molar-refractivity contribution in [3.8, 4) is 0 Å². The molecule has 0 spiro atoms. The zero-order valence-corrected chi connectivity index (χ0v) is 10.2. The summed E-state index contributed by atoms with van der Waals surface area (Å²) in [5.74, 6) is -1.22. The molecule has 1 heterocycles. The number of nitrogens with zero attached hydrogens (tertiary/aromatic N) is 1. The van der Waals surface area contributed by atoms with E-state index in [1.807, 2.05) is 6.92 Å². The van der Waals surface area contributed by atoms with Crippen molar-refractivity contribution in [1.29, 1.82) is 0 Å². The van der Waals surface area contributed by atoms with Crippen LogP contribution in [0.15, 0.2) is 30.6 Å². The predicted molar refractivity (Wildman–Crippen MR) is 66.1 cm³/mol. The highest BCUT2D eigenvalue weighted by atomic mass is 19.1. The van der Waals surface area contributed by atoms with E-state index < -0.39 is 17.7 Å². The van der Waals surface area contributed by atoms with Crippen LogP contribution in [-0.4, -0.2) is 4.98 Å². The molecule has 0 saturated carbocycles. The lowest BCUT2D eigenvalue weighted by Gasteiger charge is -2.17. The Hall–Kier alpha value is -1.81. The summed E-state index contributed by atoms with van der Waals surface area (Å²) in [6.07, 6.45) is 3.16. The van der Waals surface area contributed by atoms with Crippen molar-refractivity contribution in [3.63, 3.8) is 0 Å². The van der Waals surface area contributed by atoms with Gasteiger partial charge in [-0.1, -0.05) is 6.07 Å². The fraction of sp³-hybridized carbons (Fsp3) is 0.214. The molecule has 2 nitrogen and oxygen atoms in total. The molecule has 0 aliphatic rings. The van der Waals surface area contributed by atoms with Gasteiger partial charge in [-0.2, -0.15) is 0 Å². The quantitative estimate of drug-likeness (QED) is 0.887. The Kier molecular flexibility index (Phi) is 3.39. The number of aryl methyl sites for hydroxylation is 2. The Morgan fingerprint density at radius 2 is 1.83 bits per heavy atom. The molecule has 0 radical (unpaired) electrons. The summed E-state index contributed by atoms with van der Waals surface area (Å²) >= 11 is 0. The van der Waals surface area contributed by atoms with Crippen molar-refractivity contribution in [1.82, 2.24) is 4.98 Å². The van der Waals surface area contributed by atoms with Crippen LogP contribution in [0.3, 0.4) is 0 Å². The Morgan fingerprint density at radius 1 is 1.11 bits per heavy atom. The van der Waals surface area contributed by atoms with Gasteiger partial charge in [0.15, 0.2) is 0 Å². The first-order valence-electron chi connectivity index (χ1n) is 5.63. The van der Waals surface area contributed by atoms with Crippen molar-refractivity contribution in [2.75, 3.05) is 0 Å². The summed E-state index contributed by atoms with van der Waals surface area (Å²) < 4.78 is 27.7. The van der Waals surface area contributed by atoms with E-state index in [-0.39, 0.29) is 5.56 Å². The Labute approximate surface area is 104 Å². The van der Waals surface area contributed by atoms with E-state index in [0.717, 1.165) is 5.56 Å². The molecule has 4 heteroatoms. The van der Waals surface area contributed by atoms with Crippen LogP contribution in [0.4, 0.5) is 8.78 Å². The third-order valence-corrected chi connectivity index (χ3v) is 3.05. The second kappa shape index (κ2) is 4.82. The minimum atomic E-state index is -0.849. The van der Waals surface area contributed by atoms with E-state index in [9.17, 15) is 8.78 Å². The van der Waals surface area contributed by atoms with Crippen molar-refractivity contribution in [2.45, 2.75) is 19.9 Å². The molecule has 0 fully saturated rings. The number of nitrogens with two attached hydrogens (primary N) is 1. The zero-order valence-electron chi connectivity index (χ0n) is 10.2. The van der Waals surface area contributed by atoms with Gasteiger partial charge in [0.05, 0.1) is 6.04 Å². The molecule has 1 unspecified atom stereocenters. The number of aromatic nitrogens is 1. The standard InChI is InChI=1S/C14H14F2N2/c1-8-5-6-18-7-10(8)14(17)12-11(15)4-3-9(2)13(12)16/h3-7,14H,17H2,1-2H3. The average Bonchev–Trinajstić information content (AvgIpc) is 2.35. The van der Waals surface area contributed by atoms with E-state index in [1.165, 1.54) is 12.1 Å². The Bertz CT molecular complexity index is 582. The monoisotopic (exact) mass is 248 g/mol. The van der Waals surface area contributed by atoms with Crippen molar-refractivity contribution in [3.05, 3.63) is 64.5 Å². The Morgan fingerprint density at radius 3 is 2.50 bits per heavy atom. The largest absolute Gasteiger partial charge is 0.320 e. The molecule has 1 aromatic carbocycles. The number of hydrogen-bond donors (Lipinski definition) is 1. The van der Waals surface area contributed by atoms with Gasteiger partial charge >= 0.3 is 0 Å². The highest BCUT2D eigenvalue weighted by molar-refractivity contribution is 5.38. The molecule has 0 aliphatic carbocycles. The third kappa shape index (κ3) is 2.11. The molecule has 94 valence electrons. The summed E-state index contributed by atoms with van der Waals surface area (Å²) in [6.45, 7) is 3.42. The number of benzene rings is 1. The second-order valence-corrected chi connectivity index (χ2v) is 4.30. The third-order valence-electron chi connectivity index (χ3n) is 3.05. The van der Waals surface area contributed by atoms with Gasteiger partial charge < -0.3 is 5.73 Å². The van der Waals surface area contributed by atoms with Crippen LogP contribution in [0, 0.1) is 25.5 Å². The molecule has 1 atom stereocenters. The van der Waals surface area contributed by atoms with Crippen LogP contribution in [0.25, 0.3) is 0 Å². The minimum absolute atomic E-state index is 0.105. The van der Waals surface area contributed by atoms with Crippen LogP contribution in [-0.2, 0) is 0 Å². The first-order valence-corrected chi connectivity index (χ1v) is 5.63. The second-order valence-electron chi connectivity index (χ2n) is 4.30. The summed E-state index contributed by atoms with van der Waals surface area (Å²) in [5.41, 5.74) is 7.73. The molecule has 2 aromatic rings. The molecular weight excluding hydrogens is 234 g/mol. The molecule has 0 bridgehead atoms. The smallest absolute Gasteiger partial charge is 0.134 e. The average molecular weight is 248 g/mol. The summed E-state index contributed by atoms with van der Waals surface area (Å²) in [6, 6.07) is 3.55. The summed E-state index contributed by atoms with van der Waals surface area (Å²) in [4.78, 5) is 3.95. The SMILES string of the molecule is Cc1ccncc1C(N)c1c(F)ccc(C)c1F.